The fourth-order valence-electron chi connectivity index (χ4n) is 8.52. The molecule has 70 heavy (non-hydrogen) atoms. The van der Waals surface area contributed by atoms with Crippen LogP contribution >= 0.6 is 7.82 Å². The highest BCUT2D eigenvalue weighted by atomic mass is 31.2. The first-order valence-corrected chi connectivity index (χ1v) is 31.2. The highest BCUT2D eigenvalue weighted by Gasteiger charge is 2.27. The third-order valence-electron chi connectivity index (χ3n) is 13.2. The summed E-state index contributed by atoms with van der Waals surface area (Å²) in [5.41, 5.74) is 0. The molecule has 3 N–H and O–H groups in total. The highest BCUT2D eigenvalue weighted by Crippen LogP contribution is 2.43. The Morgan fingerprint density at radius 1 is 0.486 bits per heavy atom. The predicted octanol–water partition coefficient (Wildman–Crippen LogP) is 18.1. The van der Waals surface area contributed by atoms with Gasteiger partial charge in [-0.2, -0.15) is 0 Å². The van der Waals surface area contributed by atoms with Gasteiger partial charge >= 0.3 is 7.82 Å². The van der Waals surface area contributed by atoms with Crippen molar-refractivity contribution in [2.75, 3.05) is 40.9 Å². The van der Waals surface area contributed by atoms with Gasteiger partial charge in [0.15, 0.2) is 0 Å². The topological polar surface area (TPSA) is 105 Å². The van der Waals surface area contributed by atoms with Crippen LogP contribution < -0.4 is 5.32 Å². The molecule has 0 heterocycles. The van der Waals surface area contributed by atoms with Gasteiger partial charge in [-0.3, -0.25) is 13.8 Å². The van der Waals surface area contributed by atoms with E-state index in [1.165, 1.54) is 199 Å². The molecule has 3 unspecified atom stereocenters. The molecule has 0 saturated carbocycles. The summed E-state index contributed by atoms with van der Waals surface area (Å²) in [6.45, 7) is 4.80. The molecule has 0 aliphatic heterocycles. The summed E-state index contributed by atoms with van der Waals surface area (Å²) in [7, 11) is 1.55. The maximum atomic E-state index is 13.0. The number of amides is 1. The number of allylic oxidation sites excluding steroid dienone is 9. The van der Waals surface area contributed by atoms with Crippen LogP contribution in [-0.2, 0) is 18.4 Å². The van der Waals surface area contributed by atoms with Gasteiger partial charge in [0, 0.05) is 6.42 Å². The molecule has 0 aromatic carbocycles. The number of phosphoric acid groups is 1. The van der Waals surface area contributed by atoms with Gasteiger partial charge in [0.2, 0.25) is 5.91 Å². The average molecular weight is 1000 g/mol. The fraction of sp³-hybridized carbons (Fsp3) is 0.820. The molecule has 410 valence electrons. The molecule has 9 heteroatoms. The van der Waals surface area contributed by atoms with E-state index in [-0.39, 0.29) is 19.1 Å². The zero-order chi connectivity index (χ0) is 51.3. The molecule has 0 aromatic heterocycles. The van der Waals surface area contributed by atoms with Crippen molar-refractivity contribution in [2.24, 2.45) is 0 Å². The lowest BCUT2D eigenvalue weighted by molar-refractivity contribution is -0.870. The largest absolute Gasteiger partial charge is 0.472 e. The van der Waals surface area contributed by atoms with E-state index in [4.69, 9.17) is 9.05 Å². The van der Waals surface area contributed by atoms with E-state index in [1.807, 2.05) is 27.2 Å². The number of nitrogens with zero attached hydrogens (tertiary/aromatic N) is 1. The number of unbranched alkanes of at least 4 members (excludes halogenated alkanes) is 33. The van der Waals surface area contributed by atoms with Crippen LogP contribution in [0.15, 0.2) is 60.8 Å². The van der Waals surface area contributed by atoms with Crippen molar-refractivity contribution < 1.29 is 32.9 Å². The Bertz CT molecular complexity index is 1320. The van der Waals surface area contributed by atoms with Gasteiger partial charge in [-0.1, -0.05) is 248 Å². The molecular weight excluding hydrogens is 888 g/mol. The number of nitrogens with one attached hydrogen (secondary N) is 1. The second-order valence-electron chi connectivity index (χ2n) is 21.3. The molecule has 0 aliphatic carbocycles. The van der Waals surface area contributed by atoms with E-state index in [9.17, 15) is 19.4 Å². The fourth-order valence-corrected chi connectivity index (χ4v) is 9.25. The molecule has 3 atom stereocenters. The van der Waals surface area contributed by atoms with Crippen LogP contribution in [0.1, 0.15) is 271 Å². The van der Waals surface area contributed by atoms with Crippen molar-refractivity contribution >= 4 is 13.7 Å². The molecule has 0 radical (unpaired) electrons. The minimum Gasteiger partial charge on any atom is -0.387 e. The minimum atomic E-state index is -4.36. The third kappa shape index (κ3) is 54.0. The second-order valence-corrected chi connectivity index (χ2v) is 22.8. The minimum absolute atomic E-state index is 0.0522. The summed E-state index contributed by atoms with van der Waals surface area (Å²) in [6, 6.07) is -0.873. The average Bonchev–Trinajstić information content (AvgIpc) is 3.32. The number of carbonyl (C=O) groups is 1. The lowest BCUT2D eigenvalue weighted by Gasteiger charge is -2.25. The summed E-state index contributed by atoms with van der Waals surface area (Å²) in [5, 5.41) is 13.9. The molecule has 0 bridgehead atoms. The van der Waals surface area contributed by atoms with Crippen LogP contribution in [-0.4, -0.2) is 73.4 Å². The maximum absolute atomic E-state index is 13.0. The maximum Gasteiger partial charge on any atom is 0.472 e. The van der Waals surface area contributed by atoms with E-state index >= 15 is 0 Å². The Labute approximate surface area is 434 Å². The summed E-state index contributed by atoms with van der Waals surface area (Å²) < 4.78 is 23.7. The summed E-state index contributed by atoms with van der Waals surface area (Å²) in [6.07, 6.45) is 70.4. The van der Waals surface area contributed by atoms with Crippen molar-refractivity contribution in [3.8, 4) is 0 Å². The van der Waals surface area contributed by atoms with E-state index in [0.717, 1.165) is 51.4 Å². The molecule has 8 nitrogen and oxygen atoms in total. The number of hydrogen-bond acceptors (Lipinski definition) is 5. The molecule has 0 saturated heterocycles. The number of carbonyl (C=O) groups excluding carboxylic acids is 1. The molecule has 0 rings (SSSR count). The Morgan fingerprint density at radius 3 is 1.23 bits per heavy atom. The Hall–Kier alpha value is -1.80. The molecule has 0 fully saturated rings. The van der Waals surface area contributed by atoms with Crippen molar-refractivity contribution in [3.63, 3.8) is 0 Å². The number of rotatable bonds is 54. The standard InChI is InChI=1S/C61H115N2O6P/c1-6-8-10-12-14-16-18-20-22-24-26-28-30-31-33-35-37-39-41-43-45-47-49-51-53-55-61(65)62-59(58-69-70(66,67)68-57-56-63(3,4)5)60(64)54-52-50-48-46-44-42-40-38-36-34-32-29-27-25-23-21-19-17-15-13-11-9-7-2/h18,20,24,26,36,38,44,46,52,54,59-60,64H,6-17,19,21-23,25,27-35,37,39-43,45,47-51,53,55-58H2,1-5H3,(H-,62,65,66,67)/p+1/b20-18-,26-24-,38-36+,46-44+,54-52+. The lowest BCUT2D eigenvalue weighted by atomic mass is 10.0. The van der Waals surface area contributed by atoms with Gasteiger partial charge in [-0.05, 0) is 77.0 Å². The zero-order valence-corrected chi connectivity index (χ0v) is 47.7. The van der Waals surface area contributed by atoms with Gasteiger partial charge in [0.05, 0.1) is 39.9 Å². The summed E-state index contributed by atoms with van der Waals surface area (Å²) in [4.78, 5) is 23.3. The summed E-state index contributed by atoms with van der Waals surface area (Å²) in [5.74, 6) is -0.191. The van der Waals surface area contributed by atoms with Crippen LogP contribution in [0.4, 0.5) is 0 Å². The molecular formula is C61H116N2O6P+. The Morgan fingerprint density at radius 2 is 0.829 bits per heavy atom. The second kappa shape index (κ2) is 52.1. The zero-order valence-electron chi connectivity index (χ0n) is 46.8. The lowest BCUT2D eigenvalue weighted by Crippen LogP contribution is -2.45. The van der Waals surface area contributed by atoms with Crippen LogP contribution in [0.2, 0.25) is 0 Å². The SMILES string of the molecule is CCCCCCC/C=C\C/C=C\CCCCCCCCCCCCCCCC(=O)NC(COP(=O)(O)OCC[N+](C)(C)C)C(O)/C=C/CC/C=C/CC/C=C/CCCCCCCCCCCCCCC. The smallest absolute Gasteiger partial charge is 0.387 e. The molecule has 1 amide bonds. The normalized spacial score (nSPS) is 14.3. The number of aliphatic hydroxyl groups excluding tert-OH is 1. The first-order chi connectivity index (χ1) is 34.0. The first-order valence-electron chi connectivity index (χ1n) is 29.7. The predicted molar refractivity (Wildman–Crippen MR) is 304 cm³/mol. The quantitative estimate of drug-likeness (QED) is 0.0243. The van der Waals surface area contributed by atoms with Crippen LogP contribution in [0.3, 0.4) is 0 Å². The van der Waals surface area contributed by atoms with Crippen molar-refractivity contribution in [3.05, 3.63) is 60.8 Å². The Balaban J connectivity index is 4.27. The van der Waals surface area contributed by atoms with E-state index in [0.29, 0.717) is 17.4 Å². The van der Waals surface area contributed by atoms with E-state index < -0.39 is 20.0 Å². The van der Waals surface area contributed by atoms with Gasteiger partial charge in [-0.15, -0.1) is 0 Å². The number of hydrogen-bond donors (Lipinski definition) is 3. The highest BCUT2D eigenvalue weighted by molar-refractivity contribution is 7.47. The van der Waals surface area contributed by atoms with Gasteiger partial charge in [0.25, 0.3) is 0 Å². The van der Waals surface area contributed by atoms with Gasteiger partial charge in [-0.25, -0.2) is 4.57 Å². The molecule has 0 aromatic rings. The molecule has 0 spiro atoms. The van der Waals surface area contributed by atoms with Gasteiger partial charge in [0.1, 0.15) is 13.2 Å². The number of aliphatic hydroxyl groups is 1. The van der Waals surface area contributed by atoms with Crippen molar-refractivity contribution in [2.45, 2.75) is 283 Å². The number of likely N-dealkylation sites (N-methyl/N-ethyl adjacent to an activating group) is 1. The van der Waals surface area contributed by atoms with E-state index in [2.05, 4.69) is 67.8 Å². The summed E-state index contributed by atoms with van der Waals surface area (Å²) >= 11 is 0. The third-order valence-corrected chi connectivity index (χ3v) is 14.2. The van der Waals surface area contributed by atoms with Crippen molar-refractivity contribution in [1.82, 2.24) is 5.32 Å². The van der Waals surface area contributed by atoms with Crippen molar-refractivity contribution in [1.29, 1.82) is 0 Å². The monoisotopic (exact) mass is 1000 g/mol. The van der Waals surface area contributed by atoms with Gasteiger partial charge < -0.3 is 19.8 Å². The van der Waals surface area contributed by atoms with E-state index in [1.54, 1.807) is 6.08 Å². The van der Waals surface area contributed by atoms with Crippen LogP contribution in [0, 0.1) is 0 Å². The van der Waals surface area contributed by atoms with Crippen LogP contribution in [0.5, 0.6) is 0 Å². The van der Waals surface area contributed by atoms with Crippen LogP contribution in [0.25, 0.3) is 0 Å². The molecule has 0 aliphatic rings. The Kier molecular flexibility index (Phi) is 50.7. The number of phosphoric ester groups is 1. The number of quaternary nitrogens is 1. The first kappa shape index (κ1) is 68.2.